The molecule has 0 aromatic heterocycles. The van der Waals surface area contributed by atoms with Crippen molar-refractivity contribution in [3.05, 3.63) is 24.3 Å². The van der Waals surface area contributed by atoms with Crippen molar-refractivity contribution in [1.29, 1.82) is 0 Å². The van der Waals surface area contributed by atoms with Crippen molar-refractivity contribution in [3.8, 4) is 0 Å². The highest BCUT2D eigenvalue weighted by molar-refractivity contribution is 7.98. The lowest BCUT2D eigenvalue weighted by atomic mass is 10.1. The Bertz CT molecular complexity index is 351. The minimum absolute atomic E-state index is 0.00484. The Kier molecular flexibility index (Phi) is 4.98. The molecule has 1 aromatic carbocycles. The van der Waals surface area contributed by atoms with E-state index in [1.165, 1.54) is 4.90 Å². The van der Waals surface area contributed by atoms with Gasteiger partial charge in [-0.15, -0.1) is 11.8 Å². The lowest BCUT2D eigenvalue weighted by Crippen LogP contribution is -2.27. The third-order valence-corrected chi connectivity index (χ3v) is 3.07. The van der Waals surface area contributed by atoms with Crippen LogP contribution in [0.3, 0.4) is 0 Å². The van der Waals surface area contributed by atoms with E-state index >= 15 is 0 Å². The van der Waals surface area contributed by atoms with E-state index in [1.54, 1.807) is 11.8 Å². The van der Waals surface area contributed by atoms with E-state index in [0.717, 1.165) is 5.69 Å². The molecule has 0 bridgehead atoms. The lowest BCUT2D eigenvalue weighted by molar-refractivity contribution is 0.315. The number of hydrogen-bond acceptors (Lipinski definition) is 4. The topological polar surface area (TPSA) is 70.6 Å². The molecule has 0 spiro atoms. The number of anilines is 1. The monoisotopic (exact) mass is 239 g/mol. The molecule has 88 valence electrons. The summed E-state index contributed by atoms with van der Waals surface area (Å²) in [6.07, 6.45) is 2.04. The molecule has 5 heteroatoms. The molecule has 0 saturated heterocycles. The molecule has 0 saturated carbocycles. The molecule has 0 radical (unpaired) electrons. The summed E-state index contributed by atoms with van der Waals surface area (Å²) >= 11 is 1.71. The van der Waals surface area contributed by atoms with Crippen molar-refractivity contribution in [3.63, 3.8) is 0 Å². The van der Waals surface area contributed by atoms with Crippen LogP contribution in [0.4, 0.5) is 5.69 Å². The van der Waals surface area contributed by atoms with Gasteiger partial charge < -0.3 is 16.3 Å². The van der Waals surface area contributed by atoms with Gasteiger partial charge in [0.05, 0.1) is 0 Å². The van der Waals surface area contributed by atoms with Gasteiger partial charge in [-0.05, 0) is 30.5 Å². The molecule has 0 aliphatic heterocycles. The zero-order valence-corrected chi connectivity index (χ0v) is 10.3. The maximum absolute atomic E-state index is 8.50. The standard InChI is InChI=1S/C11H17N3OS/c1-8(11(12)14-15)7-13-9-3-5-10(16-2)6-4-9/h3-6,8,13,15H,7H2,1-2H3,(H2,12,14). The van der Waals surface area contributed by atoms with Crippen molar-refractivity contribution in [2.75, 3.05) is 18.1 Å². The zero-order chi connectivity index (χ0) is 12.0. The maximum Gasteiger partial charge on any atom is 0.143 e. The van der Waals surface area contributed by atoms with Crippen LogP contribution in [0.25, 0.3) is 0 Å². The van der Waals surface area contributed by atoms with Gasteiger partial charge in [-0.1, -0.05) is 12.1 Å². The Morgan fingerprint density at radius 3 is 2.62 bits per heavy atom. The summed E-state index contributed by atoms with van der Waals surface area (Å²) in [6, 6.07) is 8.15. The third kappa shape index (κ3) is 3.66. The highest BCUT2D eigenvalue weighted by Gasteiger charge is 2.06. The average Bonchev–Trinajstić information content (AvgIpc) is 2.35. The van der Waals surface area contributed by atoms with Crippen molar-refractivity contribution in [2.24, 2.45) is 16.8 Å². The molecule has 0 heterocycles. The molecule has 4 N–H and O–H groups in total. The Balaban J connectivity index is 2.48. The molecule has 0 amide bonds. The molecule has 0 aliphatic rings. The molecule has 1 unspecified atom stereocenters. The van der Waals surface area contributed by atoms with Gasteiger partial charge in [-0.25, -0.2) is 0 Å². The number of rotatable bonds is 5. The van der Waals surface area contributed by atoms with Gasteiger partial charge in [-0.3, -0.25) is 0 Å². The highest BCUT2D eigenvalue weighted by atomic mass is 32.2. The summed E-state index contributed by atoms with van der Waals surface area (Å²) in [5, 5.41) is 14.7. The fourth-order valence-corrected chi connectivity index (χ4v) is 1.59. The van der Waals surface area contributed by atoms with Crippen molar-refractivity contribution < 1.29 is 5.21 Å². The van der Waals surface area contributed by atoms with Crippen LogP contribution < -0.4 is 11.1 Å². The van der Waals surface area contributed by atoms with Crippen LogP contribution in [0, 0.1) is 5.92 Å². The van der Waals surface area contributed by atoms with Crippen LogP contribution in [0.5, 0.6) is 0 Å². The SMILES string of the molecule is CSc1ccc(NCC(C)C(N)=NO)cc1. The number of nitrogens with two attached hydrogens (primary N) is 1. The van der Waals surface area contributed by atoms with Gasteiger partial charge in [0, 0.05) is 23.0 Å². The Hall–Kier alpha value is -1.36. The first kappa shape index (κ1) is 12.7. The van der Waals surface area contributed by atoms with Gasteiger partial charge in [0.15, 0.2) is 0 Å². The van der Waals surface area contributed by atoms with Crippen LogP contribution in [0.2, 0.25) is 0 Å². The first-order valence-electron chi connectivity index (χ1n) is 5.02. The van der Waals surface area contributed by atoms with Crippen LogP contribution >= 0.6 is 11.8 Å². The summed E-state index contributed by atoms with van der Waals surface area (Å²) in [5.41, 5.74) is 6.52. The molecule has 0 fully saturated rings. The molecule has 4 nitrogen and oxygen atoms in total. The number of nitrogens with zero attached hydrogens (tertiary/aromatic N) is 1. The third-order valence-electron chi connectivity index (χ3n) is 2.32. The minimum Gasteiger partial charge on any atom is -0.409 e. The average molecular weight is 239 g/mol. The Morgan fingerprint density at radius 1 is 1.50 bits per heavy atom. The van der Waals surface area contributed by atoms with Gasteiger partial charge >= 0.3 is 0 Å². The van der Waals surface area contributed by atoms with Crippen molar-refractivity contribution in [1.82, 2.24) is 0 Å². The predicted molar refractivity (Wildman–Crippen MR) is 69.3 cm³/mol. The van der Waals surface area contributed by atoms with E-state index < -0.39 is 0 Å². The fraction of sp³-hybridized carbons (Fsp3) is 0.364. The molecular weight excluding hydrogens is 222 g/mol. The Labute approximate surface area is 99.9 Å². The van der Waals surface area contributed by atoms with E-state index in [4.69, 9.17) is 10.9 Å². The number of amidine groups is 1. The summed E-state index contributed by atoms with van der Waals surface area (Å²) in [4.78, 5) is 1.23. The molecule has 16 heavy (non-hydrogen) atoms. The molecule has 1 rings (SSSR count). The van der Waals surface area contributed by atoms with Gasteiger partial charge in [0.25, 0.3) is 0 Å². The normalized spacial score (nSPS) is 13.5. The van der Waals surface area contributed by atoms with E-state index in [0.29, 0.717) is 6.54 Å². The number of hydrogen-bond donors (Lipinski definition) is 3. The molecule has 1 atom stereocenters. The quantitative estimate of drug-likeness (QED) is 0.242. The largest absolute Gasteiger partial charge is 0.409 e. The van der Waals surface area contributed by atoms with Crippen molar-refractivity contribution >= 4 is 23.3 Å². The maximum atomic E-state index is 8.50. The van der Waals surface area contributed by atoms with E-state index in [9.17, 15) is 0 Å². The van der Waals surface area contributed by atoms with Gasteiger partial charge in [0.2, 0.25) is 0 Å². The van der Waals surface area contributed by atoms with Gasteiger partial charge in [-0.2, -0.15) is 0 Å². The van der Waals surface area contributed by atoms with Crippen LogP contribution in [-0.2, 0) is 0 Å². The van der Waals surface area contributed by atoms with E-state index in [1.807, 2.05) is 25.3 Å². The predicted octanol–water partition coefficient (Wildman–Crippen LogP) is 2.20. The molecule has 1 aromatic rings. The lowest BCUT2D eigenvalue weighted by Gasteiger charge is -2.12. The first-order valence-corrected chi connectivity index (χ1v) is 6.25. The summed E-state index contributed by atoms with van der Waals surface area (Å²) in [6.45, 7) is 2.55. The van der Waals surface area contributed by atoms with Crippen LogP contribution in [0.15, 0.2) is 34.3 Å². The number of thioether (sulfide) groups is 1. The number of benzene rings is 1. The summed E-state index contributed by atoms with van der Waals surface area (Å²) in [5.74, 6) is 0.249. The first-order chi connectivity index (χ1) is 7.67. The highest BCUT2D eigenvalue weighted by Crippen LogP contribution is 2.17. The smallest absolute Gasteiger partial charge is 0.143 e. The van der Waals surface area contributed by atoms with Gasteiger partial charge in [0.1, 0.15) is 5.84 Å². The van der Waals surface area contributed by atoms with E-state index in [2.05, 4.69) is 22.6 Å². The number of nitrogens with one attached hydrogen (secondary N) is 1. The minimum atomic E-state index is 0.00484. The van der Waals surface area contributed by atoms with E-state index in [-0.39, 0.29) is 11.8 Å². The Morgan fingerprint density at radius 2 is 2.12 bits per heavy atom. The second kappa shape index (κ2) is 6.27. The zero-order valence-electron chi connectivity index (χ0n) is 9.47. The van der Waals surface area contributed by atoms with Crippen LogP contribution in [-0.4, -0.2) is 23.8 Å². The summed E-state index contributed by atoms with van der Waals surface area (Å²) < 4.78 is 0. The second-order valence-electron chi connectivity index (χ2n) is 3.54. The molecular formula is C11H17N3OS. The van der Waals surface area contributed by atoms with Crippen LogP contribution in [0.1, 0.15) is 6.92 Å². The summed E-state index contributed by atoms with van der Waals surface area (Å²) in [7, 11) is 0. The fourth-order valence-electron chi connectivity index (χ4n) is 1.18. The second-order valence-corrected chi connectivity index (χ2v) is 4.41. The van der Waals surface area contributed by atoms with Crippen molar-refractivity contribution in [2.45, 2.75) is 11.8 Å². The number of oxime groups is 1. The molecule has 0 aliphatic carbocycles.